The number of carbonyl (C=O) groups excluding carboxylic acids is 4. The van der Waals surface area contributed by atoms with Gasteiger partial charge in [0, 0.05) is 10.8 Å². The van der Waals surface area contributed by atoms with Gasteiger partial charge in [-0.3, -0.25) is 24.1 Å². The Balaban J connectivity index is 1.37. The molecule has 0 spiro atoms. The van der Waals surface area contributed by atoms with E-state index in [0.29, 0.717) is 11.1 Å². The van der Waals surface area contributed by atoms with Gasteiger partial charge in [-0.2, -0.15) is 0 Å². The molecule has 11 heteroatoms. The number of fused-ring (bicyclic) bond motifs is 4. The van der Waals surface area contributed by atoms with Crippen molar-refractivity contribution in [2.45, 2.75) is 35.1 Å². The van der Waals surface area contributed by atoms with Crippen LogP contribution in [0.15, 0.2) is 77.7 Å². The van der Waals surface area contributed by atoms with Gasteiger partial charge in [0.2, 0.25) is 11.8 Å². The lowest BCUT2D eigenvalue weighted by Crippen LogP contribution is -2.60. The van der Waals surface area contributed by atoms with Crippen molar-refractivity contribution in [3.63, 3.8) is 0 Å². The standard InChI is InChI=1S/C31H23Cl2FN2O5S/c32-30-14-23-21(10-11-22-24(23)27(39)35(26(22)38)15-20-5-2-12-42-20)25(16-3-1-4-19(37)13-16)31(30,33)29(41)36(28(30)40)18-8-6-17(34)7-9-18/h1-10,12-13,22-25,37H,11,14-15H2/t22-,23+,24-,25-,30+,31-/m0/s1. The number of hydrogen-bond donors (Lipinski definition) is 1. The van der Waals surface area contributed by atoms with Crippen molar-refractivity contribution in [3.8, 4) is 5.75 Å². The highest BCUT2D eigenvalue weighted by Crippen LogP contribution is 2.65. The van der Waals surface area contributed by atoms with Gasteiger partial charge in [0.15, 0.2) is 9.75 Å². The summed E-state index contributed by atoms with van der Waals surface area (Å²) >= 11 is 16.0. The van der Waals surface area contributed by atoms with Crippen LogP contribution in [0.4, 0.5) is 10.1 Å². The summed E-state index contributed by atoms with van der Waals surface area (Å²) in [5, 5.41) is 12.3. The molecule has 7 rings (SSSR count). The first-order valence-electron chi connectivity index (χ1n) is 13.4. The van der Waals surface area contributed by atoms with Gasteiger partial charge in [-0.25, -0.2) is 9.29 Å². The largest absolute Gasteiger partial charge is 0.508 e. The number of imide groups is 2. The van der Waals surface area contributed by atoms with Gasteiger partial charge in [0.05, 0.1) is 24.1 Å². The Morgan fingerprint density at radius 1 is 0.952 bits per heavy atom. The Kier molecular flexibility index (Phi) is 6.17. The predicted octanol–water partition coefficient (Wildman–Crippen LogP) is 5.36. The van der Waals surface area contributed by atoms with Crippen LogP contribution in [-0.2, 0) is 25.7 Å². The summed E-state index contributed by atoms with van der Waals surface area (Å²) in [6.45, 7) is 0.154. The molecule has 0 radical (unpaired) electrons. The molecule has 1 N–H and O–H groups in total. The molecule has 0 unspecified atom stereocenters. The van der Waals surface area contributed by atoms with Crippen LogP contribution in [0.3, 0.4) is 0 Å². The zero-order valence-corrected chi connectivity index (χ0v) is 24.2. The quantitative estimate of drug-likeness (QED) is 0.240. The van der Waals surface area contributed by atoms with Crippen LogP contribution < -0.4 is 4.90 Å². The monoisotopic (exact) mass is 624 g/mol. The topological polar surface area (TPSA) is 95.0 Å². The molecule has 42 heavy (non-hydrogen) atoms. The van der Waals surface area contributed by atoms with Gasteiger partial charge < -0.3 is 5.11 Å². The number of amides is 4. The highest BCUT2D eigenvalue weighted by Gasteiger charge is 2.76. The van der Waals surface area contributed by atoms with E-state index < -0.39 is 51.1 Å². The molecule has 2 saturated heterocycles. The molecule has 1 saturated carbocycles. The van der Waals surface area contributed by atoms with E-state index in [1.54, 1.807) is 12.1 Å². The first-order chi connectivity index (χ1) is 20.1. The number of likely N-dealkylation sites (tertiary alicyclic amines) is 1. The maximum absolute atomic E-state index is 14.3. The number of hydrogen-bond acceptors (Lipinski definition) is 6. The number of thiophene rings is 1. The van der Waals surface area contributed by atoms with Gasteiger partial charge in [-0.1, -0.05) is 29.8 Å². The zero-order chi connectivity index (χ0) is 29.6. The summed E-state index contributed by atoms with van der Waals surface area (Å²) in [5.41, 5.74) is 1.19. The molecular formula is C31H23Cl2FN2O5S. The smallest absolute Gasteiger partial charge is 0.258 e. The number of anilines is 1. The van der Waals surface area contributed by atoms with Gasteiger partial charge in [-0.05, 0) is 72.2 Å². The number of carbonyl (C=O) groups is 4. The van der Waals surface area contributed by atoms with E-state index in [0.717, 1.165) is 21.9 Å². The normalized spacial score (nSPS) is 32.1. The van der Waals surface area contributed by atoms with Crippen LogP contribution in [0.2, 0.25) is 0 Å². The molecule has 1 aromatic heterocycles. The highest BCUT2D eigenvalue weighted by molar-refractivity contribution is 7.09. The number of nitrogens with zero attached hydrogens (tertiary/aromatic N) is 2. The second kappa shape index (κ2) is 9.49. The van der Waals surface area contributed by atoms with Crippen LogP contribution in [0.1, 0.15) is 29.2 Å². The lowest BCUT2D eigenvalue weighted by atomic mass is 9.56. The van der Waals surface area contributed by atoms with Gasteiger partial charge >= 0.3 is 0 Å². The fourth-order valence-corrected chi connectivity index (χ4v) is 8.88. The van der Waals surface area contributed by atoms with E-state index in [9.17, 15) is 28.7 Å². The number of phenols is 1. The van der Waals surface area contributed by atoms with Crippen molar-refractivity contribution in [1.29, 1.82) is 0 Å². The molecule has 214 valence electrons. The molecule has 6 atom stereocenters. The van der Waals surface area contributed by atoms with Crippen molar-refractivity contribution in [1.82, 2.24) is 4.90 Å². The van der Waals surface area contributed by atoms with Crippen LogP contribution in [0.25, 0.3) is 0 Å². The number of benzene rings is 2. The molecule has 3 heterocycles. The number of aromatic hydroxyl groups is 1. The van der Waals surface area contributed by atoms with Crippen LogP contribution >= 0.6 is 34.5 Å². The Bertz CT molecular complexity index is 1700. The van der Waals surface area contributed by atoms with Crippen LogP contribution in [0, 0.1) is 23.6 Å². The minimum absolute atomic E-state index is 0.0780. The van der Waals surface area contributed by atoms with Crippen molar-refractivity contribution < 1.29 is 28.7 Å². The Morgan fingerprint density at radius 3 is 2.40 bits per heavy atom. The maximum Gasteiger partial charge on any atom is 0.258 e. The Labute approximate surface area is 254 Å². The summed E-state index contributed by atoms with van der Waals surface area (Å²) in [4.78, 5) is 54.9. The molecule has 2 aromatic carbocycles. The number of allylic oxidation sites excluding steroid dienone is 2. The first-order valence-corrected chi connectivity index (χ1v) is 15.1. The number of halogens is 3. The summed E-state index contributed by atoms with van der Waals surface area (Å²) in [7, 11) is 0. The van der Waals surface area contributed by atoms with E-state index in [1.165, 1.54) is 40.5 Å². The van der Waals surface area contributed by atoms with Crippen molar-refractivity contribution >= 4 is 63.9 Å². The van der Waals surface area contributed by atoms with Gasteiger partial charge in [0.25, 0.3) is 11.8 Å². The molecule has 4 amide bonds. The average Bonchev–Trinajstić information content (AvgIpc) is 3.60. The predicted molar refractivity (Wildman–Crippen MR) is 155 cm³/mol. The lowest BCUT2D eigenvalue weighted by Gasteiger charge is -2.50. The maximum atomic E-state index is 14.3. The number of alkyl halides is 2. The third kappa shape index (κ3) is 3.63. The molecule has 0 bridgehead atoms. The Hall–Kier alpha value is -3.53. The van der Waals surface area contributed by atoms with Crippen molar-refractivity contribution in [2.24, 2.45) is 17.8 Å². The second-order valence-corrected chi connectivity index (χ2v) is 13.5. The van der Waals surface area contributed by atoms with E-state index >= 15 is 0 Å². The van der Waals surface area contributed by atoms with Crippen LogP contribution in [-0.4, -0.2) is 43.4 Å². The van der Waals surface area contributed by atoms with E-state index in [4.69, 9.17) is 23.2 Å². The second-order valence-electron chi connectivity index (χ2n) is 11.2. The molecule has 2 aliphatic heterocycles. The third-order valence-electron chi connectivity index (χ3n) is 9.08. The van der Waals surface area contributed by atoms with E-state index in [1.807, 2.05) is 23.6 Å². The summed E-state index contributed by atoms with van der Waals surface area (Å²) in [5.74, 6) is -5.92. The van der Waals surface area contributed by atoms with Gasteiger partial charge in [0.1, 0.15) is 11.6 Å². The molecule has 2 aliphatic carbocycles. The van der Waals surface area contributed by atoms with E-state index in [-0.39, 0.29) is 42.6 Å². The number of phenolic OH excluding ortho intramolecular Hbond substituents is 1. The lowest BCUT2D eigenvalue weighted by molar-refractivity contribution is -0.141. The van der Waals surface area contributed by atoms with E-state index in [2.05, 4.69) is 0 Å². The highest BCUT2D eigenvalue weighted by atomic mass is 35.5. The minimum atomic E-state index is -2.04. The summed E-state index contributed by atoms with van der Waals surface area (Å²) in [6, 6.07) is 14.8. The number of rotatable bonds is 4. The third-order valence-corrected chi connectivity index (χ3v) is 11.4. The fourth-order valence-electron chi connectivity index (χ4n) is 7.26. The zero-order valence-electron chi connectivity index (χ0n) is 21.9. The molecule has 3 fully saturated rings. The van der Waals surface area contributed by atoms with Crippen molar-refractivity contribution in [3.05, 3.63) is 94.0 Å². The fraction of sp³-hybridized carbons (Fsp3) is 0.290. The summed E-state index contributed by atoms with van der Waals surface area (Å²) in [6.07, 6.45) is 1.94. The summed E-state index contributed by atoms with van der Waals surface area (Å²) < 4.78 is 13.7. The average molecular weight is 626 g/mol. The first kappa shape index (κ1) is 27.3. The molecule has 4 aliphatic rings. The molecule has 7 nitrogen and oxygen atoms in total. The minimum Gasteiger partial charge on any atom is -0.508 e. The molecule has 3 aromatic rings. The van der Waals surface area contributed by atoms with Gasteiger partial charge in [-0.15, -0.1) is 34.5 Å². The molecular weight excluding hydrogens is 602 g/mol. The SMILES string of the molecule is O=C1[C@H]2[C@H](CC=C3[C@H]2C[C@@]2(Cl)C(=O)N(c4ccc(F)cc4)C(=O)[C@@]2(Cl)[C@H]3c2cccc(O)c2)C(=O)N1Cc1cccs1. The van der Waals surface area contributed by atoms with Crippen LogP contribution in [0.5, 0.6) is 5.75 Å². The van der Waals surface area contributed by atoms with Crippen molar-refractivity contribution in [2.75, 3.05) is 4.90 Å². The Morgan fingerprint density at radius 2 is 1.71 bits per heavy atom.